The number of ether oxygens (including phenoxy) is 1. The Kier molecular flexibility index (Phi) is 6.27. The number of benzene rings is 2. The molecule has 26 heavy (non-hydrogen) atoms. The molecule has 0 aliphatic heterocycles. The van der Waals surface area contributed by atoms with Crippen LogP contribution in [0.4, 0.5) is 5.69 Å². The zero-order valence-electron chi connectivity index (χ0n) is 14.8. The third-order valence-corrected chi connectivity index (χ3v) is 6.62. The van der Waals surface area contributed by atoms with Crippen LogP contribution in [-0.4, -0.2) is 55.2 Å². The fraction of sp³-hybridized carbons (Fsp3) is 0.294. The van der Waals surface area contributed by atoms with Gasteiger partial charge in [-0.2, -0.15) is 0 Å². The highest BCUT2D eigenvalue weighted by Gasteiger charge is 2.24. The van der Waals surface area contributed by atoms with Gasteiger partial charge in [0.25, 0.3) is 10.0 Å². The molecular formula is C17H21N2O5S2. The van der Waals surface area contributed by atoms with Crippen LogP contribution in [0.5, 0.6) is 5.75 Å². The van der Waals surface area contributed by atoms with Crippen molar-refractivity contribution in [3.63, 3.8) is 0 Å². The summed E-state index contributed by atoms with van der Waals surface area (Å²) in [7, 11) is -2.83. The Bertz CT molecular complexity index is 956. The molecule has 0 aliphatic rings. The van der Waals surface area contributed by atoms with Crippen molar-refractivity contribution in [3.05, 3.63) is 48.5 Å². The number of hydrogen-bond acceptors (Lipinski definition) is 6. The second-order valence-electron chi connectivity index (χ2n) is 5.82. The number of sulfonamides is 1. The van der Waals surface area contributed by atoms with Gasteiger partial charge in [0, 0.05) is 12.6 Å². The standard InChI is InChI=1S/C17H21N2O5S2/c1-19(2)11-12-25(20,21)15-9-10-16(24-3)17(13-15)26(22,23)18-14-7-5-4-6-8-14/h4-7,9-10,13,18H,11-12H2,1-3H3. The summed E-state index contributed by atoms with van der Waals surface area (Å²) in [6.45, 7) is 0.327. The van der Waals surface area contributed by atoms with Gasteiger partial charge in [-0.1, -0.05) is 18.2 Å². The van der Waals surface area contributed by atoms with Crippen LogP contribution < -0.4 is 9.46 Å². The summed E-state index contributed by atoms with van der Waals surface area (Å²) < 4.78 is 57.9. The molecule has 1 radical (unpaired) electrons. The molecular weight excluding hydrogens is 376 g/mol. The average molecular weight is 397 g/mol. The Morgan fingerprint density at radius 2 is 1.85 bits per heavy atom. The Morgan fingerprint density at radius 1 is 1.12 bits per heavy atom. The molecule has 0 fully saturated rings. The monoisotopic (exact) mass is 397 g/mol. The van der Waals surface area contributed by atoms with E-state index in [4.69, 9.17) is 4.74 Å². The van der Waals surface area contributed by atoms with E-state index in [0.29, 0.717) is 6.54 Å². The van der Waals surface area contributed by atoms with Gasteiger partial charge in [-0.25, -0.2) is 16.8 Å². The number of methoxy groups -OCH3 is 1. The number of sulfone groups is 1. The Morgan fingerprint density at radius 3 is 2.42 bits per heavy atom. The molecule has 2 aromatic rings. The predicted octanol–water partition coefficient (Wildman–Crippen LogP) is 1.63. The van der Waals surface area contributed by atoms with Crippen LogP contribution in [0.1, 0.15) is 0 Å². The van der Waals surface area contributed by atoms with E-state index >= 15 is 0 Å². The minimum atomic E-state index is -4.05. The zero-order valence-corrected chi connectivity index (χ0v) is 16.4. The van der Waals surface area contributed by atoms with Crippen LogP contribution in [0.25, 0.3) is 0 Å². The third-order valence-electron chi connectivity index (χ3n) is 3.54. The first-order valence-electron chi connectivity index (χ1n) is 7.71. The van der Waals surface area contributed by atoms with Crippen molar-refractivity contribution in [2.45, 2.75) is 9.79 Å². The van der Waals surface area contributed by atoms with Crippen molar-refractivity contribution in [2.75, 3.05) is 38.2 Å². The summed E-state index contributed by atoms with van der Waals surface area (Å²) in [5.74, 6) is -0.0638. The van der Waals surface area contributed by atoms with Gasteiger partial charge in [0.15, 0.2) is 9.84 Å². The summed E-state index contributed by atoms with van der Waals surface area (Å²) in [4.78, 5) is 1.42. The molecule has 1 N–H and O–H groups in total. The third kappa shape index (κ3) is 4.96. The fourth-order valence-corrected chi connectivity index (χ4v) is 4.85. The summed E-state index contributed by atoms with van der Waals surface area (Å²) >= 11 is 0. The van der Waals surface area contributed by atoms with Crippen molar-refractivity contribution in [2.24, 2.45) is 0 Å². The van der Waals surface area contributed by atoms with E-state index in [9.17, 15) is 16.8 Å². The number of anilines is 1. The molecule has 141 valence electrons. The Labute approximate surface area is 154 Å². The molecule has 7 nitrogen and oxygen atoms in total. The fourth-order valence-electron chi connectivity index (χ4n) is 2.14. The molecule has 2 aromatic carbocycles. The van der Waals surface area contributed by atoms with Gasteiger partial charge >= 0.3 is 0 Å². The Hall–Kier alpha value is -2.10. The smallest absolute Gasteiger partial charge is 0.265 e. The van der Waals surface area contributed by atoms with Gasteiger partial charge in [-0.15, -0.1) is 0 Å². The molecule has 0 saturated carbocycles. The summed E-state index contributed by atoms with van der Waals surface area (Å²) in [5.41, 5.74) is 0.246. The number of nitrogens with zero attached hydrogens (tertiary/aromatic N) is 1. The summed E-state index contributed by atoms with van der Waals surface area (Å²) in [6, 6.07) is 13.0. The molecule has 0 amide bonds. The molecule has 0 unspecified atom stereocenters. The van der Waals surface area contributed by atoms with Gasteiger partial charge in [0.1, 0.15) is 10.6 Å². The lowest BCUT2D eigenvalue weighted by molar-refractivity contribution is 0.402. The SMILES string of the molecule is COc1ccc(S(=O)(=O)CCN(C)C)cc1S(=O)(=O)Nc1[c]cccc1. The second kappa shape index (κ2) is 8.07. The van der Waals surface area contributed by atoms with Crippen LogP contribution in [0.15, 0.2) is 52.3 Å². The minimum absolute atomic E-state index is 0.0555. The normalized spacial score (nSPS) is 12.2. The number of nitrogens with one attached hydrogen (secondary N) is 1. The van der Waals surface area contributed by atoms with E-state index in [0.717, 1.165) is 6.07 Å². The highest BCUT2D eigenvalue weighted by molar-refractivity contribution is 7.93. The van der Waals surface area contributed by atoms with Gasteiger partial charge in [-0.3, -0.25) is 4.72 Å². The van der Waals surface area contributed by atoms with Crippen molar-refractivity contribution in [1.82, 2.24) is 4.90 Å². The van der Waals surface area contributed by atoms with Crippen molar-refractivity contribution < 1.29 is 21.6 Å². The van der Waals surface area contributed by atoms with Gasteiger partial charge in [-0.05, 0) is 38.4 Å². The molecule has 9 heteroatoms. The van der Waals surface area contributed by atoms with Crippen LogP contribution in [0.3, 0.4) is 0 Å². The maximum absolute atomic E-state index is 12.7. The van der Waals surface area contributed by atoms with E-state index in [1.807, 2.05) is 0 Å². The highest BCUT2D eigenvalue weighted by atomic mass is 32.2. The molecule has 0 atom stereocenters. The van der Waals surface area contributed by atoms with Crippen LogP contribution in [0, 0.1) is 6.07 Å². The lowest BCUT2D eigenvalue weighted by Gasteiger charge is -2.14. The van der Waals surface area contributed by atoms with E-state index in [1.165, 1.54) is 19.2 Å². The quantitative estimate of drug-likeness (QED) is 0.728. The number of rotatable bonds is 8. The summed E-state index contributed by atoms with van der Waals surface area (Å²) in [6.07, 6.45) is 0. The zero-order chi connectivity index (χ0) is 19.4. The minimum Gasteiger partial charge on any atom is -0.495 e. The van der Waals surface area contributed by atoms with Gasteiger partial charge in [0.05, 0.1) is 23.4 Å². The first kappa shape index (κ1) is 20.2. The molecule has 2 rings (SSSR count). The highest BCUT2D eigenvalue weighted by Crippen LogP contribution is 2.29. The van der Waals surface area contributed by atoms with Crippen LogP contribution in [0.2, 0.25) is 0 Å². The molecule has 0 saturated heterocycles. The topological polar surface area (TPSA) is 92.8 Å². The lowest BCUT2D eigenvalue weighted by Crippen LogP contribution is -2.22. The Balaban J connectivity index is 2.44. The second-order valence-corrected chi connectivity index (χ2v) is 9.58. The van der Waals surface area contributed by atoms with E-state index < -0.39 is 19.9 Å². The van der Waals surface area contributed by atoms with Crippen LogP contribution >= 0.6 is 0 Å². The van der Waals surface area contributed by atoms with Gasteiger partial charge < -0.3 is 9.64 Å². The van der Waals surface area contributed by atoms with Crippen LogP contribution in [-0.2, 0) is 19.9 Å². The molecule has 0 aliphatic carbocycles. The van der Waals surface area contributed by atoms with Crippen molar-refractivity contribution in [1.29, 1.82) is 0 Å². The molecule has 0 heterocycles. The predicted molar refractivity (Wildman–Crippen MR) is 99.7 cm³/mol. The average Bonchev–Trinajstić information content (AvgIpc) is 2.60. The maximum atomic E-state index is 12.7. The van der Waals surface area contributed by atoms with Gasteiger partial charge in [0.2, 0.25) is 0 Å². The lowest BCUT2D eigenvalue weighted by atomic mass is 10.3. The van der Waals surface area contributed by atoms with E-state index in [1.54, 1.807) is 43.3 Å². The largest absolute Gasteiger partial charge is 0.495 e. The van der Waals surface area contributed by atoms with E-state index in [2.05, 4.69) is 10.8 Å². The van der Waals surface area contributed by atoms with E-state index in [-0.39, 0.29) is 27.0 Å². The van der Waals surface area contributed by atoms with Crippen molar-refractivity contribution in [3.8, 4) is 5.75 Å². The molecule has 0 bridgehead atoms. The summed E-state index contributed by atoms with van der Waals surface area (Å²) in [5, 5.41) is 0. The molecule has 0 aromatic heterocycles. The maximum Gasteiger partial charge on any atom is 0.265 e. The first-order valence-corrected chi connectivity index (χ1v) is 10.8. The van der Waals surface area contributed by atoms with Crippen molar-refractivity contribution >= 4 is 25.5 Å². The molecule has 0 spiro atoms. The number of para-hydroxylation sites is 1. The number of hydrogen-bond donors (Lipinski definition) is 1. The first-order chi connectivity index (χ1) is 12.2.